The lowest BCUT2D eigenvalue weighted by atomic mass is 9.98. The summed E-state index contributed by atoms with van der Waals surface area (Å²) in [6, 6.07) is 5.39. The van der Waals surface area contributed by atoms with E-state index in [-0.39, 0.29) is 0 Å². The molecule has 1 atom stereocenters. The van der Waals surface area contributed by atoms with Gasteiger partial charge in [-0.05, 0) is 25.1 Å². The maximum absolute atomic E-state index is 10.1. The molecule has 0 spiro atoms. The summed E-state index contributed by atoms with van der Waals surface area (Å²) in [6.07, 6.45) is 2.16. The molecular weight excluding hydrogens is 178 g/mol. The van der Waals surface area contributed by atoms with Crippen LogP contribution in [0.5, 0.6) is 0 Å². The minimum atomic E-state index is -0.853. The van der Waals surface area contributed by atoms with Crippen LogP contribution in [0.2, 0.25) is 0 Å². The van der Waals surface area contributed by atoms with E-state index < -0.39 is 5.60 Å². The lowest BCUT2D eigenvalue weighted by molar-refractivity contribution is 0.0541. The lowest BCUT2D eigenvalue weighted by Gasteiger charge is -2.20. The molecule has 2 rings (SSSR count). The highest BCUT2D eigenvalue weighted by atomic mass is 16.3. The Balaban J connectivity index is 2.29. The molecule has 0 bridgehead atoms. The first-order chi connectivity index (χ1) is 6.74. The second-order valence-corrected chi connectivity index (χ2v) is 3.50. The maximum atomic E-state index is 10.1. The smallest absolute Gasteiger partial charge is 0.120 e. The zero-order valence-corrected chi connectivity index (χ0v) is 7.70. The minimum Gasteiger partial charge on any atom is -0.382 e. The zero-order valence-electron chi connectivity index (χ0n) is 7.70. The van der Waals surface area contributed by atoms with E-state index in [2.05, 4.69) is 10.3 Å². The van der Waals surface area contributed by atoms with E-state index in [1.807, 2.05) is 6.07 Å². The molecule has 1 aromatic rings. The van der Waals surface area contributed by atoms with Crippen LogP contribution in [0, 0.1) is 11.3 Å². The first-order valence-electron chi connectivity index (χ1n) is 4.54. The molecule has 1 aliphatic rings. The van der Waals surface area contributed by atoms with Crippen molar-refractivity contribution in [1.29, 1.82) is 5.26 Å². The van der Waals surface area contributed by atoms with Gasteiger partial charge < -0.3 is 10.4 Å². The maximum Gasteiger partial charge on any atom is 0.120 e. The molecule has 1 saturated heterocycles. The van der Waals surface area contributed by atoms with Gasteiger partial charge in [-0.2, -0.15) is 5.26 Å². The van der Waals surface area contributed by atoms with Gasteiger partial charge in [-0.3, -0.25) is 4.98 Å². The van der Waals surface area contributed by atoms with Crippen molar-refractivity contribution in [2.45, 2.75) is 12.0 Å². The largest absolute Gasteiger partial charge is 0.382 e. The third-order valence-corrected chi connectivity index (χ3v) is 2.50. The van der Waals surface area contributed by atoms with Crippen molar-refractivity contribution in [1.82, 2.24) is 10.3 Å². The Labute approximate surface area is 82.2 Å². The fourth-order valence-electron chi connectivity index (χ4n) is 1.63. The summed E-state index contributed by atoms with van der Waals surface area (Å²) >= 11 is 0. The minimum absolute atomic E-state index is 0.517. The number of rotatable bonds is 1. The molecule has 1 unspecified atom stereocenters. The molecule has 0 radical (unpaired) electrons. The monoisotopic (exact) mass is 189 g/mol. The van der Waals surface area contributed by atoms with Gasteiger partial charge in [0.2, 0.25) is 0 Å². The molecule has 0 aliphatic carbocycles. The molecule has 0 aromatic carbocycles. The molecule has 2 heterocycles. The van der Waals surface area contributed by atoms with Gasteiger partial charge in [0, 0.05) is 12.7 Å². The number of hydrogen-bond acceptors (Lipinski definition) is 4. The van der Waals surface area contributed by atoms with Crippen LogP contribution < -0.4 is 5.32 Å². The average Bonchev–Trinajstić information content (AvgIpc) is 2.67. The number of nitrogens with one attached hydrogen (secondary N) is 1. The molecule has 0 amide bonds. The fraction of sp³-hybridized carbons (Fsp3) is 0.400. The van der Waals surface area contributed by atoms with Crippen molar-refractivity contribution in [2.24, 2.45) is 0 Å². The number of aliphatic hydroxyl groups is 1. The Hall–Kier alpha value is -1.44. The Morgan fingerprint density at radius 3 is 2.93 bits per heavy atom. The molecule has 1 aromatic heterocycles. The standard InChI is InChI=1S/C10H11N3O/c11-5-8-1-2-9(13-6-8)10(14)3-4-12-7-10/h1-2,6,12,14H,3-4,7H2. The quantitative estimate of drug-likeness (QED) is 0.659. The SMILES string of the molecule is N#Cc1ccc(C2(O)CCNC2)nc1. The van der Waals surface area contributed by atoms with Crippen LogP contribution in [0.3, 0.4) is 0 Å². The highest BCUT2D eigenvalue weighted by Gasteiger charge is 2.34. The summed E-state index contributed by atoms with van der Waals surface area (Å²) < 4.78 is 0. The number of nitriles is 1. The molecular formula is C10H11N3O. The number of hydrogen-bond donors (Lipinski definition) is 2. The molecule has 14 heavy (non-hydrogen) atoms. The van der Waals surface area contributed by atoms with E-state index in [4.69, 9.17) is 5.26 Å². The van der Waals surface area contributed by atoms with Crippen molar-refractivity contribution < 1.29 is 5.11 Å². The normalized spacial score (nSPS) is 26.0. The number of aromatic nitrogens is 1. The van der Waals surface area contributed by atoms with Crippen LogP contribution in [-0.2, 0) is 5.60 Å². The van der Waals surface area contributed by atoms with Crippen LogP contribution in [0.4, 0.5) is 0 Å². The van der Waals surface area contributed by atoms with Gasteiger partial charge in [0.1, 0.15) is 11.7 Å². The van der Waals surface area contributed by atoms with Crippen molar-refractivity contribution in [3.8, 4) is 6.07 Å². The van der Waals surface area contributed by atoms with Gasteiger partial charge in [0.15, 0.2) is 0 Å². The number of nitrogens with zero attached hydrogens (tertiary/aromatic N) is 2. The van der Waals surface area contributed by atoms with Crippen LogP contribution in [0.15, 0.2) is 18.3 Å². The van der Waals surface area contributed by atoms with Crippen LogP contribution >= 0.6 is 0 Å². The lowest BCUT2D eigenvalue weighted by Crippen LogP contribution is -2.29. The summed E-state index contributed by atoms with van der Waals surface area (Å²) in [5.74, 6) is 0. The fourth-order valence-corrected chi connectivity index (χ4v) is 1.63. The summed E-state index contributed by atoms with van der Waals surface area (Å²) in [7, 11) is 0. The molecule has 1 fully saturated rings. The van der Waals surface area contributed by atoms with E-state index in [0.717, 1.165) is 6.54 Å². The van der Waals surface area contributed by atoms with Crippen molar-refractivity contribution in [3.05, 3.63) is 29.6 Å². The first-order valence-corrected chi connectivity index (χ1v) is 4.54. The van der Waals surface area contributed by atoms with Crippen molar-refractivity contribution in [2.75, 3.05) is 13.1 Å². The molecule has 4 nitrogen and oxygen atoms in total. The first kappa shape index (κ1) is 9.13. The van der Waals surface area contributed by atoms with Gasteiger partial charge in [0.25, 0.3) is 0 Å². The van der Waals surface area contributed by atoms with E-state index >= 15 is 0 Å². The van der Waals surface area contributed by atoms with Gasteiger partial charge in [-0.15, -0.1) is 0 Å². The van der Waals surface area contributed by atoms with E-state index in [0.29, 0.717) is 24.2 Å². The molecule has 2 N–H and O–H groups in total. The average molecular weight is 189 g/mol. The van der Waals surface area contributed by atoms with Crippen LogP contribution in [0.25, 0.3) is 0 Å². The van der Waals surface area contributed by atoms with Gasteiger partial charge in [0.05, 0.1) is 11.3 Å². The van der Waals surface area contributed by atoms with E-state index in [1.165, 1.54) is 6.20 Å². The van der Waals surface area contributed by atoms with Crippen molar-refractivity contribution >= 4 is 0 Å². The molecule has 1 aliphatic heterocycles. The Bertz CT molecular complexity index is 360. The highest BCUT2D eigenvalue weighted by Crippen LogP contribution is 2.25. The Morgan fingerprint density at radius 1 is 1.57 bits per heavy atom. The summed E-state index contributed by atoms with van der Waals surface area (Å²) in [5.41, 5.74) is 0.304. The third-order valence-electron chi connectivity index (χ3n) is 2.50. The van der Waals surface area contributed by atoms with Crippen LogP contribution in [0.1, 0.15) is 17.7 Å². The zero-order chi connectivity index (χ0) is 10.0. The predicted molar refractivity (Wildman–Crippen MR) is 50.3 cm³/mol. The van der Waals surface area contributed by atoms with Gasteiger partial charge in [-0.25, -0.2) is 0 Å². The number of β-amino-alcohol motifs (C(OH)–C–C–N with tert-alkyl or cyclic N) is 1. The third kappa shape index (κ3) is 1.48. The molecule has 4 heteroatoms. The van der Waals surface area contributed by atoms with Crippen LogP contribution in [-0.4, -0.2) is 23.2 Å². The summed E-state index contributed by atoms with van der Waals surface area (Å²) in [6.45, 7) is 1.34. The van der Waals surface area contributed by atoms with Gasteiger partial charge in [-0.1, -0.05) is 0 Å². The topological polar surface area (TPSA) is 68.9 Å². The Kier molecular flexibility index (Phi) is 2.20. The van der Waals surface area contributed by atoms with Gasteiger partial charge >= 0.3 is 0 Å². The van der Waals surface area contributed by atoms with E-state index in [9.17, 15) is 5.11 Å². The predicted octanol–water partition coefficient (Wildman–Crippen LogP) is 0.134. The van der Waals surface area contributed by atoms with E-state index in [1.54, 1.807) is 12.1 Å². The summed E-state index contributed by atoms with van der Waals surface area (Å²) in [5, 5.41) is 21.8. The number of pyridine rings is 1. The second-order valence-electron chi connectivity index (χ2n) is 3.50. The molecule has 0 saturated carbocycles. The van der Waals surface area contributed by atoms with Crippen molar-refractivity contribution in [3.63, 3.8) is 0 Å². The highest BCUT2D eigenvalue weighted by molar-refractivity contribution is 5.28. The Morgan fingerprint density at radius 2 is 2.43 bits per heavy atom. The second kappa shape index (κ2) is 3.37. The molecule has 72 valence electrons. The summed E-state index contributed by atoms with van der Waals surface area (Å²) in [4.78, 5) is 4.09.